The number of aromatic nitrogens is 3. The van der Waals surface area contributed by atoms with Crippen molar-refractivity contribution in [3.05, 3.63) is 51.5 Å². The molecule has 3 rings (SSSR count). The lowest BCUT2D eigenvalue weighted by molar-refractivity contribution is 0.0534. The lowest BCUT2D eigenvalue weighted by Gasteiger charge is -2.19. The SMILES string of the molecule is CC(C)(C)OC(=O)NCC=Cc1cn2c(=O)[nH]nc2c2cc(Cl)ccc12. The number of pyridine rings is 1. The number of hydrogen-bond donors (Lipinski definition) is 2. The van der Waals surface area contributed by atoms with Crippen molar-refractivity contribution in [1.29, 1.82) is 0 Å². The Kier molecular flexibility index (Phi) is 4.73. The van der Waals surface area contributed by atoms with Gasteiger partial charge in [-0.2, -0.15) is 5.10 Å². The van der Waals surface area contributed by atoms with Crippen molar-refractivity contribution in [3.8, 4) is 0 Å². The van der Waals surface area contributed by atoms with Crippen LogP contribution in [0.15, 0.2) is 35.3 Å². The van der Waals surface area contributed by atoms with Crippen LogP contribution >= 0.6 is 11.6 Å². The standard InChI is InChI=1S/C18H19ClN4O3/c1-18(2,3)26-17(25)20-8-4-5-11-10-23-15(21-22-16(23)24)14-9-12(19)6-7-13(11)14/h4-7,9-10H,8H2,1-3H3,(H,20,25)(H,22,24). The van der Waals surface area contributed by atoms with Gasteiger partial charge in [-0.3, -0.25) is 0 Å². The second-order valence-corrected chi connectivity index (χ2v) is 7.22. The van der Waals surface area contributed by atoms with E-state index in [4.69, 9.17) is 16.3 Å². The van der Waals surface area contributed by atoms with Crippen molar-refractivity contribution >= 4 is 40.2 Å². The maximum Gasteiger partial charge on any atom is 0.407 e. The Hall–Kier alpha value is -2.80. The van der Waals surface area contributed by atoms with Gasteiger partial charge in [-0.1, -0.05) is 29.8 Å². The van der Waals surface area contributed by atoms with Crippen LogP contribution in [-0.2, 0) is 4.74 Å². The van der Waals surface area contributed by atoms with Gasteiger partial charge in [0.05, 0.1) is 0 Å². The highest BCUT2D eigenvalue weighted by Gasteiger charge is 2.15. The summed E-state index contributed by atoms with van der Waals surface area (Å²) in [6.45, 7) is 5.70. The van der Waals surface area contributed by atoms with Crippen molar-refractivity contribution in [3.63, 3.8) is 0 Å². The normalized spacial score (nSPS) is 12.2. The van der Waals surface area contributed by atoms with E-state index >= 15 is 0 Å². The first kappa shape index (κ1) is 18.0. The molecule has 26 heavy (non-hydrogen) atoms. The van der Waals surface area contributed by atoms with Crippen molar-refractivity contribution in [1.82, 2.24) is 19.9 Å². The van der Waals surface area contributed by atoms with Crippen molar-refractivity contribution in [2.75, 3.05) is 6.54 Å². The van der Waals surface area contributed by atoms with E-state index in [1.807, 2.05) is 12.1 Å². The maximum absolute atomic E-state index is 11.9. The molecule has 1 aromatic carbocycles. The van der Waals surface area contributed by atoms with E-state index in [-0.39, 0.29) is 5.69 Å². The van der Waals surface area contributed by atoms with E-state index in [2.05, 4.69) is 15.5 Å². The van der Waals surface area contributed by atoms with Crippen LogP contribution in [0.2, 0.25) is 5.02 Å². The van der Waals surface area contributed by atoms with E-state index in [9.17, 15) is 9.59 Å². The predicted octanol–water partition coefficient (Wildman–Crippen LogP) is 3.37. The summed E-state index contributed by atoms with van der Waals surface area (Å²) in [6, 6.07) is 5.42. The molecule has 0 aliphatic rings. The Morgan fingerprint density at radius 2 is 2.15 bits per heavy atom. The minimum absolute atomic E-state index is 0.294. The molecule has 1 amide bonds. The lowest BCUT2D eigenvalue weighted by Crippen LogP contribution is -2.32. The number of nitrogens with zero attached hydrogens (tertiary/aromatic N) is 2. The number of alkyl carbamates (subject to hydrolysis) is 1. The second kappa shape index (κ2) is 6.84. The molecule has 0 spiro atoms. The third kappa shape index (κ3) is 3.88. The average molecular weight is 375 g/mol. The van der Waals surface area contributed by atoms with Crippen LogP contribution in [0.25, 0.3) is 22.5 Å². The number of fused-ring (bicyclic) bond motifs is 3. The fourth-order valence-electron chi connectivity index (χ4n) is 2.55. The summed E-state index contributed by atoms with van der Waals surface area (Å²) < 4.78 is 6.61. The van der Waals surface area contributed by atoms with Crippen molar-refractivity contribution < 1.29 is 9.53 Å². The van der Waals surface area contributed by atoms with Crippen LogP contribution in [0, 0.1) is 0 Å². The molecule has 2 heterocycles. The van der Waals surface area contributed by atoms with E-state index in [0.29, 0.717) is 17.2 Å². The third-order valence-corrected chi connectivity index (χ3v) is 3.80. The summed E-state index contributed by atoms with van der Waals surface area (Å²) in [5, 5.41) is 11.4. The maximum atomic E-state index is 11.9. The molecule has 0 bridgehead atoms. The van der Waals surface area contributed by atoms with Gasteiger partial charge in [0.15, 0.2) is 5.65 Å². The number of hydrogen-bond acceptors (Lipinski definition) is 4. The van der Waals surface area contributed by atoms with Gasteiger partial charge in [-0.15, -0.1) is 0 Å². The number of benzene rings is 1. The van der Waals surface area contributed by atoms with E-state index in [0.717, 1.165) is 16.3 Å². The Morgan fingerprint density at radius 3 is 2.88 bits per heavy atom. The fourth-order valence-corrected chi connectivity index (χ4v) is 2.72. The lowest BCUT2D eigenvalue weighted by atomic mass is 10.1. The number of halogens is 1. The molecule has 0 saturated heterocycles. The highest BCUT2D eigenvalue weighted by Crippen LogP contribution is 2.26. The summed E-state index contributed by atoms with van der Waals surface area (Å²) in [5.41, 5.74) is 0.440. The molecule has 7 nitrogen and oxygen atoms in total. The number of amides is 1. The van der Waals surface area contributed by atoms with Crippen LogP contribution in [-0.4, -0.2) is 32.8 Å². The molecular weight excluding hydrogens is 356 g/mol. The number of H-pyrrole nitrogens is 1. The first-order valence-corrected chi connectivity index (χ1v) is 8.45. The summed E-state index contributed by atoms with van der Waals surface area (Å²) in [6.07, 6.45) is 4.82. The molecule has 0 atom stereocenters. The second-order valence-electron chi connectivity index (χ2n) is 6.78. The van der Waals surface area contributed by atoms with Crippen LogP contribution in [0.1, 0.15) is 26.3 Å². The largest absolute Gasteiger partial charge is 0.444 e. The number of carbonyl (C=O) groups is 1. The number of aromatic amines is 1. The van der Waals surface area contributed by atoms with Gasteiger partial charge in [-0.05, 0) is 43.9 Å². The van der Waals surface area contributed by atoms with Crippen molar-refractivity contribution in [2.24, 2.45) is 0 Å². The molecule has 0 radical (unpaired) electrons. The van der Waals surface area contributed by atoms with Gasteiger partial charge in [-0.25, -0.2) is 19.1 Å². The van der Waals surface area contributed by atoms with E-state index < -0.39 is 11.7 Å². The zero-order chi connectivity index (χ0) is 18.9. The van der Waals surface area contributed by atoms with Gasteiger partial charge in [0.1, 0.15) is 5.60 Å². The zero-order valence-corrected chi connectivity index (χ0v) is 15.4. The molecule has 2 aromatic heterocycles. The third-order valence-electron chi connectivity index (χ3n) is 3.57. The molecule has 0 fully saturated rings. The van der Waals surface area contributed by atoms with Crippen LogP contribution in [0.5, 0.6) is 0 Å². The average Bonchev–Trinajstić information content (AvgIpc) is 2.91. The number of carbonyl (C=O) groups excluding carboxylic acids is 1. The van der Waals surface area contributed by atoms with Crippen LogP contribution < -0.4 is 11.0 Å². The topological polar surface area (TPSA) is 88.5 Å². The quantitative estimate of drug-likeness (QED) is 0.735. The van der Waals surface area contributed by atoms with E-state index in [1.165, 1.54) is 4.40 Å². The van der Waals surface area contributed by atoms with Crippen molar-refractivity contribution in [2.45, 2.75) is 26.4 Å². The smallest absolute Gasteiger partial charge is 0.407 e. The first-order chi connectivity index (χ1) is 12.2. The van der Waals surface area contributed by atoms with Gasteiger partial charge in [0.25, 0.3) is 0 Å². The zero-order valence-electron chi connectivity index (χ0n) is 14.7. The Morgan fingerprint density at radius 1 is 1.38 bits per heavy atom. The molecular formula is C18H19ClN4O3. The summed E-state index contributed by atoms with van der Waals surface area (Å²) in [7, 11) is 0. The molecule has 2 N–H and O–H groups in total. The molecule has 136 valence electrons. The monoisotopic (exact) mass is 374 g/mol. The number of ether oxygens (including phenoxy) is 1. The van der Waals surface area contributed by atoms with Gasteiger partial charge >= 0.3 is 11.8 Å². The molecule has 3 aromatic rings. The number of rotatable bonds is 3. The number of nitrogens with one attached hydrogen (secondary N) is 2. The molecule has 0 unspecified atom stereocenters. The molecule has 0 aliphatic heterocycles. The van der Waals surface area contributed by atoms with Gasteiger partial charge < -0.3 is 10.1 Å². The van der Waals surface area contributed by atoms with Crippen LogP contribution in [0.3, 0.4) is 0 Å². The summed E-state index contributed by atoms with van der Waals surface area (Å²) >= 11 is 6.09. The first-order valence-electron chi connectivity index (χ1n) is 8.07. The molecule has 0 aliphatic carbocycles. The predicted molar refractivity (Wildman–Crippen MR) is 102 cm³/mol. The minimum Gasteiger partial charge on any atom is -0.444 e. The Bertz CT molecular complexity index is 1060. The van der Waals surface area contributed by atoms with Gasteiger partial charge in [0, 0.05) is 23.2 Å². The Balaban J connectivity index is 1.88. The summed E-state index contributed by atoms with van der Waals surface area (Å²) in [5.74, 6) is 0. The summed E-state index contributed by atoms with van der Waals surface area (Å²) in [4.78, 5) is 23.6. The van der Waals surface area contributed by atoms with Crippen LogP contribution in [0.4, 0.5) is 4.79 Å². The fraction of sp³-hybridized carbons (Fsp3) is 0.278. The van der Waals surface area contributed by atoms with E-state index in [1.54, 1.807) is 45.2 Å². The Labute approximate surface area is 154 Å². The highest BCUT2D eigenvalue weighted by molar-refractivity contribution is 6.31. The molecule has 0 saturated carbocycles. The van der Waals surface area contributed by atoms with Gasteiger partial charge in [0.2, 0.25) is 0 Å². The minimum atomic E-state index is -0.545. The highest BCUT2D eigenvalue weighted by atomic mass is 35.5. The molecule has 8 heteroatoms.